The van der Waals surface area contributed by atoms with Gasteiger partial charge in [-0.2, -0.15) is 0 Å². The van der Waals surface area contributed by atoms with Crippen LogP contribution in [0, 0.1) is 11.8 Å². The van der Waals surface area contributed by atoms with Gasteiger partial charge < -0.3 is 5.11 Å². The third kappa shape index (κ3) is 13.2. The Labute approximate surface area is 143 Å². The summed E-state index contributed by atoms with van der Waals surface area (Å²) in [7, 11) is 0. The van der Waals surface area contributed by atoms with Gasteiger partial charge in [0.2, 0.25) is 0 Å². The van der Waals surface area contributed by atoms with Gasteiger partial charge >= 0.3 is 0 Å². The van der Waals surface area contributed by atoms with Crippen LogP contribution in [-0.4, -0.2) is 11.3 Å². The molecule has 134 valence electrons. The monoisotopic (exact) mass is 323 g/mol. The van der Waals surface area contributed by atoms with Crippen molar-refractivity contribution in [3.05, 3.63) is 22.6 Å². The molecule has 0 aliphatic carbocycles. The van der Waals surface area contributed by atoms with Gasteiger partial charge in [-0.15, -0.1) is 0 Å². The molecule has 0 aliphatic rings. The lowest BCUT2D eigenvalue weighted by Gasteiger charge is -2.20. The van der Waals surface area contributed by atoms with Crippen molar-refractivity contribution >= 4 is 0 Å². The van der Waals surface area contributed by atoms with Gasteiger partial charge in [-0.1, -0.05) is 89.4 Å². The summed E-state index contributed by atoms with van der Waals surface area (Å²) in [6, 6.07) is 0. The van der Waals surface area contributed by atoms with Crippen LogP contribution >= 0.6 is 0 Å². The Hall–Kier alpha value is -0.990. The van der Waals surface area contributed by atoms with Crippen molar-refractivity contribution in [2.75, 3.05) is 0 Å². The molecule has 0 saturated carbocycles. The lowest BCUT2D eigenvalue weighted by Crippen LogP contribution is -2.21. The number of hydrogen-bond donors (Lipinski definition) is 1. The SMILES string of the molecule is CCCCCCCCCCCC=CC[C@@H](C)[C@@H](C)[C@H](O)N=[N+]=[N-]. The Bertz CT molecular complexity index is 338. The predicted octanol–water partition coefficient (Wildman–Crippen LogP) is 6.75. The van der Waals surface area contributed by atoms with Crippen LogP contribution in [0.5, 0.6) is 0 Å². The number of nitrogens with zero attached hydrogens (tertiary/aromatic N) is 3. The second-order valence-corrected chi connectivity index (χ2v) is 6.78. The van der Waals surface area contributed by atoms with E-state index in [1.165, 1.54) is 57.8 Å². The summed E-state index contributed by atoms with van der Waals surface area (Å²) in [5.41, 5.74) is 8.34. The second kappa shape index (κ2) is 15.9. The van der Waals surface area contributed by atoms with Crippen LogP contribution in [0.3, 0.4) is 0 Å². The molecule has 0 spiro atoms. The molecular weight excluding hydrogens is 286 g/mol. The standard InChI is InChI=1S/C19H37N3O/c1-4-5-6-7-8-9-10-11-12-13-14-15-16-17(2)18(3)19(23)21-22-20/h14-15,17-19,23H,4-13,16H2,1-3H3/t17-,18-,19+/m1/s1. The molecule has 0 amide bonds. The smallest absolute Gasteiger partial charge is 0.135 e. The molecule has 0 unspecified atom stereocenters. The van der Waals surface area contributed by atoms with Gasteiger partial charge in [0.05, 0.1) is 0 Å². The minimum absolute atomic E-state index is 0.0109. The average Bonchev–Trinajstić information content (AvgIpc) is 2.55. The van der Waals surface area contributed by atoms with E-state index in [0.717, 1.165) is 12.8 Å². The van der Waals surface area contributed by atoms with Gasteiger partial charge in [0.25, 0.3) is 0 Å². The highest BCUT2D eigenvalue weighted by atomic mass is 16.3. The van der Waals surface area contributed by atoms with E-state index in [1.807, 2.05) is 6.92 Å². The third-order valence-corrected chi connectivity index (χ3v) is 4.69. The van der Waals surface area contributed by atoms with Crippen LogP contribution < -0.4 is 0 Å². The van der Waals surface area contributed by atoms with Crippen LogP contribution in [-0.2, 0) is 0 Å². The summed E-state index contributed by atoms with van der Waals surface area (Å²) >= 11 is 0. The quantitative estimate of drug-likeness (QED) is 0.117. The first-order chi connectivity index (χ1) is 11.1. The molecule has 1 N–H and O–H groups in total. The van der Waals surface area contributed by atoms with Gasteiger partial charge in [-0.25, -0.2) is 0 Å². The molecule has 0 bridgehead atoms. The number of rotatable bonds is 15. The number of allylic oxidation sites excluding steroid dienone is 2. The largest absolute Gasteiger partial charge is 0.387 e. The van der Waals surface area contributed by atoms with Crippen molar-refractivity contribution in [3.63, 3.8) is 0 Å². The molecule has 0 aliphatic heterocycles. The van der Waals surface area contributed by atoms with Crippen molar-refractivity contribution in [3.8, 4) is 0 Å². The van der Waals surface area contributed by atoms with Gasteiger partial charge in [0, 0.05) is 4.91 Å². The molecule has 23 heavy (non-hydrogen) atoms. The van der Waals surface area contributed by atoms with E-state index in [9.17, 15) is 5.11 Å². The van der Waals surface area contributed by atoms with Gasteiger partial charge in [0.15, 0.2) is 0 Å². The van der Waals surface area contributed by atoms with Crippen LogP contribution in [0.15, 0.2) is 17.3 Å². The van der Waals surface area contributed by atoms with Crippen LogP contribution in [0.4, 0.5) is 0 Å². The van der Waals surface area contributed by atoms with Crippen molar-refractivity contribution in [2.24, 2.45) is 17.0 Å². The van der Waals surface area contributed by atoms with Crippen LogP contribution in [0.2, 0.25) is 0 Å². The number of aliphatic hydroxyl groups is 1. The summed E-state index contributed by atoms with van der Waals surface area (Å²) in [6.45, 7) is 6.28. The van der Waals surface area contributed by atoms with Crippen LogP contribution in [0.1, 0.15) is 91.4 Å². The zero-order chi connectivity index (χ0) is 17.3. The van der Waals surface area contributed by atoms with Crippen LogP contribution in [0.25, 0.3) is 10.4 Å². The topological polar surface area (TPSA) is 69.0 Å². The molecule has 3 atom stereocenters. The highest BCUT2D eigenvalue weighted by Gasteiger charge is 2.18. The fourth-order valence-corrected chi connectivity index (χ4v) is 2.67. The lowest BCUT2D eigenvalue weighted by molar-refractivity contribution is 0.0940. The van der Waals surface area contributed by atoms with Crippen molar-refractivity contribution < 1.29 is 5.11 Å². The maximum absolute atomic E-state index is 9.63. The fraction of sp³-hybridized carbons (Fsp3) is 0.895. The summed E-state index contributed by atoms with van der Waals surface area (Å²) in [5.74, 6) is 0.304. The highest BCUT2D eigenvalue weighted by Crippen LogP contribution is 2.20. The summed E-state index contributed by atoms with van der Waals surface area (Å²) in [4.78, 5) is 2.66. The average molecular weight is 324 g/mol. The molecular formula is C19H37N3O. The molecule has 0 aromatic rings. The molecule has 0 fully saturated rings. The molecule has 0 aromatic heterocycles. The second-order valence-electron chi connectivity index (χ2n) is 6.78. The highest BCUT2D eigenvalue weighted by molar-refractivity contribution is 4.85. The van der Waals surface area contributed by atoms with Crippen molar-refractivity contribution in [1.29, 1.82) is 0 Å². The molecule has 0 aromatic carbocycles. The van der Waals surface area contributed by atoms with E-state index in [4.69, 9.17) is 5.53 Å². The Morgan fingerprint density at radius 1 is 0.957 bits per heavy atom. The zero-order valence-electron chi connectivity index (χ0n) is 15.5. The van der Waals surface area contributed by atoms with Gasteiger partial charge in [-0.3, -0.25) is 0 Å². The molecule has 0 heterocycles. The maximum Gasteiger partial charge on any atom is 0.135 e. The number of aliphatic hydroxyl groups excluding tert-OH is 1. The molecule has 0 saturated heterocycles. The summed E-state index contributed by atoms with van der Waals surface area (Å²) in [6.07, 6.45) is 17.9. The first kappa shape index (κ1) is 22.0. The molecule has 0 rings (SSSR count). The minimum Gasteiger partial charge on any atom is -0.387 e. The van der Waals surface area contributed by atoms with Crippen molar-refractivity contribution in [1.82, 2.24) is 0 Å². The molecule has 4 heteroatoms. The van der Waals surface area contributed by atoms with Gasteiger partial charge in [-0.05, 0) is 36.6 Å². The number of hydrogen-bond acceptors (Lipinski definition) is 2. The Balaban J connectivity index is 3.51. The van der Waals surface area contributed by atoms with E-state index in [2.05, 4.69) is 36.0 Å². The Kier molecular flexibility index (Phi) is 15.2. The number of unbranched alkanes of at least 4 members (excludes halogenated alkanes) is 9. The molecule has 0 radical (unpaired) electrons. The van der Waals surface area contributed by atoms with E-state index in [-0.39, 0.29) is 5.92 Å². The van der Waals surface area contributed by atoms with E-state index >= 15 is 0 Å². The minimum atomic E-state index is -0.916. The third-order valence-electron chi connectivity index (χ3n) is 4.69. The first-order valence-electron chi connectivity index (χ1n) is 9.50. The molecule has 4 nitrogen and oxygen atoms in total. The fourth-order valence-electron chi connectivity index (χ4n) is 2.67. The van der Waals surface area contributed by atoms with Crippen molar-refractivity contribution in [2.45, 2.75) is 97.6 Å². The number of azide groups is 1. The Morgan fingerprint density at radius 3 is 2.09 bits per heavy atom. The summed E-state index contributed by atoms with van der Waals surface area (Å²) < 4.78 is 0. The normalized spacial score (nSPS) is 15.3. The maximum atomic E-state index is 9.63. The van der Waals surface area contributed by atoms with E-state index in [1.54, 1.807) is 0 Å². The van der Waals surface area contributed by atoms with E-state index in [0.29, 0.717) is 5.92 Å². The Morgan fingerprint density at radius 2 is 1.52 bits per heavy atom. The zero-order valence-corrected chi connectivity index (χ0v) is 15.5. The van der Waals surface area contributed by atoms with E-state index < -0.39 is 6.23 Å². The first-order valence-corrected chi connectivity index (χ1v) is 9.50. The lowest BCUT2D eigenvalue weighted by atomic mass is 9.91. The predicted molar refractivity (Wildman–Crippen MR) is 99.1 cm³/mol. The summed E-state index contributed by atoms with van der Waals surface area (Å²) in [5, 5.41) is 13.0. The van der Waals surface area contributed by atoms with Gasteiger partial charge in [0.1, 0.15) is 6.23 Å².